The van der Waals surface area contributed by atoms with Gasteiger partial charge >= 0.3 is 11.9 Å². The Morgan fingerprint density at radius 1 is 0.868 bits per heavy atom. The molecule has 0 saturated heterocycles. The number of ether oxygens (including phenoxy) is 1. The summed E-state index contributed by atoms with van der Waals surface area (Å²) in [6.07, 6.45) is 12.3. The Hall–Kier alpha value is -1.89. The lowest BCUT2D eigenvalue weighted by atomic mass is 9.44. The Balaban J connectivity index is 1.70. The van der Waals surface area contributed by atoms with Crippen molar-refractivity contribution in [2.45, 2.75) is 186 Å². The molecule has 11 nitrogen and oxygen atoms in total. The first-order valence-corrected chi connectivity index (χ1v) is 22.3. The molecular formula is C41H68O11S. The third kappa shape index (κ3) is 8.60. The average molecular weight is 769 g/mol. The maximum absolute atomic E-state index is 14.6. The number of fused-ring (bicyclic) bond motifs is 5. The maximum atomic E-state index is 14.6. The second kappa shape index (κ2) is 17.9. The number of aliphatic hydroxyl groups excluding tert-OH is 2. The van der Waals surface area contributed by atoms with Crippen LogP contribution in [0.4, 0.5) is 0 Å². The number of ketones is 2. The Morgan fingerprint density at radius 3 is 1.96 bits per heavy atom. The van der Waals surface area contributed by atoms with E-state index < -0.39 is 62.2 Å². The van der Waals surface area contributed by atoms with Crippen LogP contribution in [0.3, 0.4) is 0 Å². The van der Waals surface area contributed by atoms with Crippen LogP contribution in [0.25, 0.3) is 0 Å². The van der Waals surface area contributed by atoms with E-state index in [9.17, 15) is 47.5 Å². The number of aliphatic carboxylic acids is 1. The molecule has 4 rings (SSSR count). The summed E-state index contributed by atoms with van der Waals surface area (Å²) in [6, 6.07) is 0. The third-order valence-corrected chi connectivity index (χ3v) is 15.9. The van der Waals surface area contributed by atoms with E-state index in [4.69, 9.17) is 4.74 Å². The van der Waals surface area contributed by atoms with E-state index >= 15 is 0 Å². The summed E-state index contributed by atoms with van der Waals surface area (Å²) in [5.41, 5.74) is -5.91. The van der Waals surface area contributed by atoms with E-state index in [1.54, 1.807) is 6.92 Å². The Kier molecular flexibility index (Phi) is 14.8. The summed E-state index contributed by atoms with van der Waals surface area (Å²) in [7, 11) is -5.39. The normalized spacial score (nSPS) is 33.4. The van der Waals surface area contributed by atoms with E-state index in [2.05, 4.69) is 20.8 Å². The van der Waals surface area contributed by atoms with Gasteiger partial charge in [0.25, 0.3) is 10.1 Å². The van der Waals surface area contributed by atoms with Crippen molar-refractivity contribution >= 4 is 33.6 Å². The molecular weight excluding hydrogens is 701 g/mol. The minimum Gasteiger partial charge on any atom is -0.481 e. The maximum Gasteiger partial charge on any atom is 0.329 e. The number of carboxylic acid groups (broad SMARTS) is 1. The van der Waals surface area contributed by atoms with Crippen LogP contribution in [0.5, 0.6) is 0 Å². The molecule has 0 heterocycles. The fourth-order valence-electron chi connectivity index (χ4n) is 11.9. The zero-order chi connectivity index (χ0) is 39.2. The van der Waals surface area contributed by atoms with Crippen LogP contribution in [0, 0.1) is 39.9 Å². The SMILES string of the molecule is CCCCCCCCC(CCCCCCCC)(C(=O)O)C(C(=O)O[C@]1(C(=O)CO)CC[C@H]2[C@@H]3CC[C@@H]4C[C@H](O)CC[C@]4(C)[C@H]3C(=O)C[C@@]21C)S(=O)(=O)O. The molecule has 1 unspecified atom stereocenters. The predicted octanol–water partition coefficient (Wildman–Crippen LogP) is 7.24. The quantitative estimate of drug-likeness (QED) is 0.0523. The van der Waals surface area contributed by atoms with E-state index in [1.165, 1.54) is 0 Å². The topological polar surface area (TPSA) is 193 Å². The molecule has 0 aliphatic heterocycles. The van der Waals surface area contributed by atoms with Crippen LogP contribution in [-0.4, -0.2) is 75.4 Å². The molecule has 12 heteroatoms. The van der Waals surface area contributed by atoms with Gasteiger partial charge in [-0.3, -0.25) is 23.7 Å². The highest BCUT2D eigenvalue weighted by Crippen LogP contribution is 2.68. The van der Waals surface area contributed by atoms with E-state index in [0.717, 1.165) is 57.8 Å². The van der Waals surface area contributed by atoms with Crippen molar-refractivity contribution in [1.29, 1.82) is 0 Å². The highest BCUT2D eigenvalue weighted by atomic mass is 32.2. The minimum atomic E-state index is -5.39. The van der Waals surface area contributed by atoms with Crippen LogP contribution >= 0.6 is 0 Å². The number of aliphatic hydroxyl groups is 2. The van der Waals surface area contributed by atoms with Gasteiger partial charge in [-0.1, -0.05) is 105 Å². The Bertz CT molecular complexity index is 1400. The largest absolute Gasteiger partial charge is 0.481 e. The van der Waals surface area contributed by atoms with Crippen molar-refractivity contribution in [3.05, 3.63) is 0 Å². The number of Topliss-reactive ketones (excluding diaryl/α,β-unsaturated/α-hetero) is 2. The standard InChI is InChI=1S/C41H68O11S/c1-5-7-9-11-13-15-21-40(37(47)48,22-16-14-12-10-8-6-2)35(53(49,50)51)36(46)52-41(33(45)27-42)24-20-31-30-18-17-28-25-29(43)19-23-38(28,3)34(30)32(44)26-39(31,41)4/h28-31,34-35,42-43H,5-27H2,1-4H3,(H,47,48)(H,49,50,51)/t28-,29-,30+,31+,34-,35?,38+,39+,41+/m1/s1. The van der Waals surface area contributed by atoms with Crippen LogP contribution in [0.2, 0.25) is 0 Å². The highest BCUT2D eigenvalue weighted by molar-refractivity contribution is 7.87. The van der Waals surface area contributed by atoms with Crippen molar-refractivity contribution < 1.29 is 52.2 Å². The smallest absolute Gasteiger partial charge is 0.329 e. The third-order valence-electron chi connectivity index (χ3n) is 14.7. The monoisotopic (exact) mass is 768 g/mol. The highest BCUT2D eigenvalue weighted by Gasteiger charge is 2.72. The fourth-order valence-corrected chi connectivity index (χ4v) is 13.1. The Morgan fingerprint density at radius 2 is 1.43 bits per heavy atom. The summed E-state index contributed by atoms with van der Waals surface area (Å²) in [5, 5.41) is 29.1. The van der Waals surface area contributed by atoms with Gasteiger partial charge in [0.05, 0.1) is 11.5 Å². The lowest BCUT2D eigenvalue weighted by Crippen LogP contribution is -2.64. The molecule has 53 heavy (non-hydrogen) atoms. The summed E-state index contributed by atoms with van der Waals surface area (Å²) >= 11 is 0. The second-order valence-electron chi connectivity index (χ2n) is 17.8. The number of hydrogen-bond acceptors (Lipinski definition) is 9. The zero-order valence-electron chi connectivity index (χ0n) is 32.8. The molecule has 4 fully saturated rings. The predicted molar refractivity (Wildman–Crippen MR) is 200 cm³/mol. The van der Waals surface area contributed by atoms with E-state index in [0.29, 0.717) is 57.8 Å². The molecule has 0 aromatic carbocycles. The van der Waals surface area contributed by atoms with E-state index in [1.807, 2.05) is 0 Å². The Labute approximate surface area is 317 Å². The van der Waals surface area contributed by atoms with Gasteiger partial charge in [-0.05, 0) is 81.0 Å². The molecule has 4 aliphatic rings. The number of esters is 1. The van der Waals surface area contributed by atoms with Gasteiger partial charge < -0.3 is 20.1 Å². The lowest BCUT2D eigenvalue weighted by Gasteiger charge is -2.60. The molecule has 304 valence electrons. The number of unbranched alkanes of at least 4 members (excludes halogenated alkanes) is 10. The van der Waals surface area contributed by atoms with Crippen LogP contribution < -0.4 is 0 Å². The van der Waals surface area contributed by atoms with Crippen LogP contribution in [0.15, 0.2) is 0 Å². The molecule has 4 aliphatic carbocycles. The summed E-state index contributed by atoms with van der Waals surface area (Å²) in [6.45, 7) is 6.99. The summed E-state index contributed by atoms with van der Waals surface area (Å²) in [4.78, 5) is 56.3. The summed E-state index contributed by atoms with van der Waals surface area (Å²) in [5.74, 6) is -4.48. The average Bonchev–Trinajstić information content (AvgIpc) is 3.38. The molecule has 4 saturated carbocycles. The minimum absolute atomic E-state index is 0.0538. The first-order valence-electron chi connectivity index (χ1n) is 20.8. The number of hydrogen-bond donors (Lipinski definition) is 4. The number of carboxylic acids is 1. The van der Waals surface area contributed by atoms with Crippen LogP contribution in [0.1, 0.15) is 169 Å². The van der Waals surface area contributed by atoms with Crippen molar-refractivity contribution in [2.75, 3.05) is 6.61 Å². The van der Waals surface area contributed by atoms with Gasteiger partial charge in [0, 0.05) is 17.8 Å². The van der Waals surface area contributed by atoms with Crippen molar-refractivity contribution in [2.24, 2.45) is 39.9 Å². The number of rotatable bonds is 21. The second-order valence-corrected chi connectivity index (χ2v) is 19.3. The van der Waals surface area contributed by atoms with Crippen LogP contribution in [-0.2, 0) is 34.0 Å². The molecule has 0 aromatic rings. The molecule has 0 bridgehead atoms. The summed E-state index contributed by atoms with van der Waals surface area (Å²) < 4.78 is 43.6. The van der Waals surface area contributed by atoms with E-state index in [-0.39, 0.29) is 60.6 Å². The molecule has 4 N–H and O–H groups in total. The molecule has 0 amide bonds. The van der Waals surface area contributed by atoms with Gasteiger partial charge in [-0.25, -0.2) is 0 Å². The molecule has 9 atom stereocenters. The fraction of sp³-hybridized carbons (Fsp3) is 0.902. The lowest BCUT2D eigenvalue weighted by molar-refractivity contribution is -0.198. The van der Waals surface area contributed by atoms with Crippen molar-refractivity contribution in [3.63, 3.8) is 0 Å². The van der Waals surface area contributed by atoms with Crippen molar-refractivity contribution in [1.82, 2.24) is 0 Å². The number of carbonyl (C=O) groups excluding carboxylic acids is 3. The van der Waals surface area contributed by atoms with Gasteiger partial charge in [0.2, 0.25) is 5.78 Å². The number of carbonyl (C=O) groups is 4. The first-order chi connectivity index (χ1) is 25.0. The molecule has 0 aromatic heterocycles. The van der Waals surface area contributed by atoms with Gasteiger partial charge in [0.15, 0.2) is 10.9 Å². The molecule has 0 radical (unpaired) electrons. The van der Waals surface area contributed by atoms with Crippen molar-refractivity contribution in [3.8, 4) is 0 Å². The molecule has 0 spiro atoms. The van der Waals surface area contributed by atoms with Gasteiger partial charge in [-0.2, -0.15) is 8.42 Å². The van der Waals surface area contributed by atoms with Gasteiger partial charge in [0.1, 0.15) is 12.4 Å². The zero-order valence-corrected chi connectivity index (χ0v) is 33.6. The first kappa shape index (κ1) is 43.8. The van der Waals surface area contributed by atoms with Gasteiger partial charge in [-0.15, -0.1) is 0 Å².